The van der Waals surface area contributed by atoms with E-state index in [4.69, 9.17) is 4.74 Å². The van der Waals surface area contributed by atoms with Gasteiger partial charge in [-0.25, -0.2) is 13.2 Å². The van der Waals surface area contributed by atoms with Gasteiger partial charge in [0, 0.05) is 24.8 Å². The maximum absolute atomic E-state index is 13.3. The number of rotatable bonds is 9. The first kappa shape index (κ1) is 23.9. The van der Waals surface area contributed by atoms with Gasteiger partial charge < -0.3 is 10.1 Å². The third-order valence-corrected chi connectivity index (χ3v) is 6.26. The number of halogens is 1. The van der Waals surface area contributed by atoms with Crippen molar-refractivity contribution in [1.82, 2.24) is 4.31 Å². The summed E-state index contributed by atoms with van der Waals surface area (Å²) in [5.41, 5.74) is -0.821. The number of nitrogens with zero attached hydrogens (tertiary/aromatic N) is 2. The van der Waals surface area contributed by atoms with E-state index in [1.807, 2.05) is 0 Å². The van der Waals surface area contributed by atoms with Crippen LogP contribution in [0.2, 0.25) is 0 Å². The smallest absolute Gasteiger partial charge is 0.338 e. The third kappa shape index (κ3) is 5.83. The van der Waals surface area contributed by atoms with Gasteiger partial charge in [0.05, 0.1) is 15.4 Å². The van der Waals surface area contributed by atoms with Crippen LogP contribution in [0.25, 0.3) is 0 Å². The summed E-state index contributed by atoms with van der Waals surface area (Å²) in [6.07, 6.45) is 0. The molecule has 0 heterocycles. The maximum Gasteiger partial charge on any atom is 0.338 e. The highest BCUT2D eigenvalue weighted by Gasteiger charge is 2.22. The lowest BCUT2D eigenvalue weighted by Gasteiger charge is -2.18. The van der Waals surface area contributed by atoms with Crippen LogP contribution in [0.1, 0.15) is 24.2 Å². The fourth-order valence-electron chi connectivity index (χ4n) is 2.62. The van der Waals surface area contributed by atoms with Crippen molar-refractivity contribution in [3.8, 4) is 0 Å². The van der Waals surface area contributed by atoms with Crippen molar-refractivity contribution in [3.05, 3.63) is 64.0 Å². The van der Waals surface area contributed by atoms with Gasteiger partial charge in [-0.2, -0.15) is 8.70 Å². The molecule has 2 rings (SSSR count). The van der Waals surface area contributed by atoms with E-state index in [0.29, 0.717) is 13.1 Å². The minimum atomic E-state index is -3.67. The molecule has 0 aromatic heterocycles. The fraction of sp³-hybridized carbons (Fsp3) is 0.263. The van der Waals surface area contributed by atoms with E-state index in [1.54, 1.807) is 13.8 Å². The molecule has 0 saturated heterocycles. The molecule has 0 saturated carbocycles. The lowest BCUT2D eigenvalue weighted by Crippen LogP contribution is -2.30. The average molecular weight is 453 g/mol. The largest absolute Gasteiger partial charge is 0.452 e. The molecule has 12 heteroatoms. The van der Waals surface area contributed by atoms with Gasteiger partial charge in [0.2, 0.25) is 15.8 Å². The van der Waals surface area contributed by atoms with Crippen LogP contribution in [0.3, 0.4) is 0 Å². The van der Waals surface area contributed by atoms with Crippen LogP contribution in [-0.2, 0) is 19.6 Å². The Labute approximate surface area is 177 Å². The number of hydrogen-bond acceptors (Lipinski definition) is 7. The summed E-state index contributed by atoms with van der Waals surface area (Å²) < 4.78 is 44.3. The van der Waals surface area contributed by atoms with E-state index in [1.165, 1.54) is 28.6 Å². The Balaban J connectivity index is 1.99. The van der Waals surface area contributed by atoms with Gasteiger partial charge >= 0.3 is 11.7 Å². The number of nitro groups is 1. The van der Waals surface area contributed by atoms with Crippen molar-refractivity contribution in [2.45, 2.75) is 18.7 Å². The molecule has 0 bridgehead atoms. The van der Waals surface area contributed by atoms with Crippen molar-refractivity contribution in [2.75, 3.05) is 25.0 Å². The molecule has 31 heavy (non-hydrogen) atoms. The molecule has 0 atom stereocenters. The molecule has 2 aromatic carbocycles. The topological polar surface area (TPSA) is 136 Å². The Morgan fingerprint density at radius 2 is 1.74 bits per heavy atom. The molecule has 166 valence electrons. The summed E-state index contributed by atoms with van der Waals surface area (Å²) in [5, 5.41) is 13.0. The molecule has 0 spiro atoms. The highest BCUT2D eigenvalue weighted by Crippen LogP contribution is 2.21. The summed E-state index contributed by atoms with van der Waals surface area (Å²) in [4.78, 5) is 33.8. The first-order valence-electron chi connectivity index (χ1n) is 9.11. The van der Waals surface area contributed by atoms with E-state index < -0.39 is 44.9 Å². The Kier molecular flexibility index (Phi) is 7.78. The average Bonchev–Trinajstić information content (AvgIpc) is 2.74. The Hall–Kier alpha value is -3.38. The zero-order valence-corrected chi connectivity index (χ0v) is 17.5. The van der Waals surface area contributed by atoms with Crippen molar-refractivity contribution >= 4 is 33.3 Å². The predicted molar refractivity (Wildman–Crippen MR) is 109 cm³/mol. The van der Waals surface area contributed by atoms with E-state index in [9.17, 15) is 32.5 Å². The van der Waals surface area contributed by atoms with Crippen LogP contribution in [0, 0.1) is 15.9 Å². The molecular formula is C19H20FN3O7S. The summed E-state index contributed by atoms with van der Waals surface area (Å²) in [7, 11) is -3.67. The molecule has 2 aromatic rings. The zero-order chi connectivity index (χ0) is 23.2. The number of carbonyl (C=O) groups is 2. The number of carbonyl (C=O) groups excluding carboxylic acids is 2. The number of hydrogen-bond donors (Lipinski definition) is 1. The number of nitro benzene ring substituents is 1. The van der Waals surface area contributed by atoms with Gasteiger partial charge in [0.1, 0.15) is 0 Å². The van der Waals surface area contributed by atoms with Gasteiger partial charge in [0.15, 0.2) is 6.61 Å². The van der Waals surface area contributed by atoms with Gasteiger partial charge in [-0.1, -0.05) is 13.8 Å². The van der Waals surface area contributed by atoms with E-state index in [2.05, 4.69) is 5.32 Å². The van der Waals surface area contributed by atoms with E-state index >= 15 is 0 Å². The minimum Gasteiger partial charge on any atom is -0.452 e. The van der Waals surface area contributed by atoms with Crippen molar-refractivity contribution < 1.29 is 32.1 Å². The first-order chi connectivity index (χ1) is 14.6. The van der Waals surface area contributed by atoms with Crippen LogP contribution in [0.4, 0.5) is 15.8 Å². The van der Waals surface area contributed by atoms with Gasteiger partial charge in [0.25, 0.3) is 5.91 Å². The number of anilines is 1. The SMILES string of the molecule is CCN(CC)S(=O)(=O)c1ccc(C(=O)OCC(=O)Nc2ccc(F)c([N+](=O)[O-])c2)cc1. The molecule has 10 nitrogen and oxygen atoms in total. The number of amides is 1. The van der Waals surface area contributed by atoms with Crippen molar-refractivity contribution in [1.29, 1.82) is 0 Å². The second-order valence-electron chi connectivity index (χ2n) is 6.16. The molecule has 0 aliphatic carbocycles. The Morgan fingerprint density at radius 1 is 1.13 bits per heavy atom. The van der Waals surface area contributed by atoms with E-state index in [0.717, 1.165) is 18.2 Å². The number of sulfonamides is 1. The van der Waals surface area contributed by atoms with Crippen LogP contribution >= 0.6 is 0 Å². The number of benzene rings is 2. The highest BCUT2D eigenvalue weighted by molar-refractivity contribution is 7.89. The zero-order valence-electron chi connectivity index (χ0n) is 16.7. The number of nitrogens with one attached hydrogen (secondary N) is 1. The molecule has 0 radical (unpaired) electrons. The summed E-state index contributed by atoms with van der Waals surface area (Å²) in [5.74, 6) is -2.72. The highest BCUT2D eigenvalue weighted by atomic mass is 32.2. The summed E-state index contributed by atoms with van der Waals surface area (Å²) in [6, 6.07) is 7.85. The fourth-order valence-corrected chi connectivity index (χ4v) is 4.08. The quantitative estimate of drug-likeness (QED) is 0.350. The maximum atomic E-state index is 13.3. The molecule has 1 amide bonds. The first-order valence-corrected chi connectivity index (χ1v) is 10.5. The lowest BCUT2D eigenvalue weighted by molar-refractivity contribution is -0.387. The minimum absolute atomic E-state index is 0.0170. The number of ether oxygens (including phenoxy) is 1. The summed E-state index contributed by atoms with van der Waals surface area (Å²) in [6.45, 7) is 3.32. The monoisotopic (exact) mass is 453 g/mol. The van der Waals surface area contributed by atoms with Crippen LogP contribution in [0.5, 0.6) is 0 Å². The van der Waals surface area contributed by atoms with Gasteiger partial charge in [-0.15, -0.1) is 0 Å². The normalized spacial score (nSPS) is 11.2. The summed E-state index contributed by atoms with van der Waals surface area (Å²) >= 11 is 0. The standard InChI is InChI=1S/C19H20FN3O7S/c1-3-22(4-2)31(28,29)15-8-5-13(6-9-15)19(25)30-12-18(24)21-14-7-10-16(20)17(11-14)23(26)27/h5-11H,3-4,12H2,1-2H3,(H,21,24). The third-order valence-electron chi connectivity index (χ3n) is 4.19. The van der Waals surface area contributed by atoms with Crippen molar-refractivity contribution in [3.63, 3.8) is 0 Å². The molecule has 1 N–H and O–H groups in total. The number of esters is 1. The predicted octanol–water partition coefficient (Wildman–Crippen LogP) is 2.56. The molecule has 0 fully saturated rings. The Morgan fingerprint density at radius 3 is 2.29 bits per heavy atom. The molecule has 0 aliphatic heterocycles. The van der Waals surface area contributed by atoms with Crippen LogP contribution in [0.15, 0.2) is 47.4 Å². The molecular weight excluding hydrogens is 433 g/mol. The van der Waals surface area contributed by atoms with E-state index in [-0.39, 0.29) is 16.1 Å². The second-order valence-corrected chi connectivity index (χ2v) is 8.10. The van der Waals surface area contributed by atoms with Gasteiger partial charge in [-0.3, -0.25) is 14.9 Å². The molecule has 0 aliphatic rings. The Bertz CT molecular complexity index is 1080. The van der Waals surface area contributed by atoms with Gasteiger partial charge in [-0.05, 0) is 36.4 Å². The second kappa shape index (κ2) is 10.1. The van der Waals surface area contributed by atoms with Crippen LogP contribution < -0.4 is 5.32 Å². The lowest BCUT2D eigenvalue weighted by atomic mass is 10.2. The van der Waals surface area contributed by atoms with Crippen molar-refractivity contribution in [2.24, 2.45) is 0 Å². The van der Waals surface area contributed by atoms with Crippen LogP contribution in [-0.4, -0.2) is 49.2 Å². The molecule has 0 unspecified atom stereocenters.